The third-order valence-corrected chi connectivity index (χ3v) is 6.82. The summed E-state index contributed by atoms with van der Waals surface area (Å²) in [6.45, 7) is 4.40. The maximum Gasteiger partial charge on any atom is 0.243 e. The Morgan fingerprint density at radius 2 is 1.74 bits per heavy atom. The number of quaternary nitrogens is 1. The molecular formula is C20H22N3O3S+. The molecule has 0 saturated carbocycles. The predicted octanol–water partition coefficient (Wildman–Crippen LogP) is 0.850. The minimum atomic E-state index is -3.56. The van der Waals surface area contributed by atoms with Crippen LogP contribution in [0.2, 0.25) is 0 Å². The molecule has 3 rings (SSSR count). The van der Waals surface area contributed by atoms with E-state index in [0.717, 1.165) is 5.56 Å². The van der Waals surface area contributed by atoms with Crippen LogP contribution < -0.4 is 4.90 Å². The molecule has 1 saturated heterocycles. The quantitative estimate of drug-likeness (QED) is 0.775. The van der Waals surface area contributed by atoms with Crippen LogP contribution in [0.5, 0.6) is 0 Å². The molecule has 1 heterocycles. The molecule has 0 spiro atoms. The molecule has 0 aliphatic carbocycles. The van der Waals surface area contributed by atoms with Crippen molar-refractivity contribution in [3.63, 3.8) is 0 Å². The van der Waals surface area contributed by atoms with Gasteiger partial charge in [-0.25, -0.2) is 8.42 Å². The van der Waals surface area contributed by atoms with Crippen LogP contribution in [-0.2, 0) is 16.6 Å². The molecule has 6 nitrogen and oxygen atoms in total. The number of benzene rings is 2. The summed E-state index contributed by atoms with van der Waals surface area (Å²) in [6, 6.07) is 15.8. The van der Waals surface area contributed by atoms with Crippen molar-refractivity contribution in [1.82, 2.24) is 4.31 Å². The number of ketones is 1. The smallest absolute Gasteiger partial charge is 0.243 e. The Kier molecular flexibility index (Phi) is 5.71. The second-order valence-electron chi connectivity index (χ2n) is 6.68. The van der Waals surface area contributed by atoms with Crippen molar-refractivity contribution in [1.29, 1.82) is 5.26 Å². The summed E-state index contributed by atoms with van der Waals surface area (Å²) >= 11 is 0. The monoisotopic (exact) mass is 384 g/mol. The number of hydrogen-bond donors (Lipinski definition) is 1. The van der Waals surface area contributed by atoms with Crippen molar-refractivity contribution in [2.24, 2.45) is 0 Å². The number of sulfonamides is 1. The summed E-state index contributed by atoms with van der Waals surface area (Å²) in [4.78, 5) is 12.8. The van der Waals surface area contributed by atoms with E-state index >= 15 is 0 Å². The molecule has 27 heavy (non-hydrogen) atoms. The maximum absolute atomic E-state index is 12.8. The molecule has 7 heteroatoms. The molecule has 1 aliphatic rings. The molecular weight excluding hydrogens is 362 g/mol. The van der Waals surface area contributed by atoms with Gasteiger partial charge in [0, 0.05) is 11.1 Å². The fourth-order valence-electron chi connectivity index (χ4n) is 3.28. The Morgan fingerprint density at radius 1 is 1.11 bits per heavy atom. The van der Waals surface area contributed by atoms with Crippen molar-refractivity contribution < 1.29 is 18.1 Å². The first kappa shape index (κ1) is 19.2. The second kappa shape index (κ2) is 8.01. The van der Waals surface area contributed by atoms with Crippen LogP contribution in [0.25, 0.3) is 0 Å². The van der Waals surface area contributed by atoms with Crippen molar-refractivity contribution in [2.75, 3.05) is 26.2 Å². The molecule has 0 unspecified atom stereocenters. The zero-order valence-electron chi connectivity index (χ0n) is 15.2. The highest BCUT2D eigenvalue weighted by molar-refractivity contribution is 7.89. The van der Waals surface area contributed by atoms with Crippen LogP contribution in [0.4, 0.5) is 0 Å². The van der Waals surface area contributed by atoms with Crippen LogP contribution in [0, 0.1) is 11.3 Å². The lowest BCUT2D eigenvalue weighted by Crippen LogP contribution is -3.13. The number of carbonyl (C=O) groups is 1. The molecule has 140 valence electrons. The highest BCUT2D eigenvalue weighted by Gasteiger charge is 2.30. The van der Waals surface area contributed by atoms with E-state index in [1.54, 1.807) is 18.2 Å². The first-order chi connectivity index (χ1) is 12.9. The zero-order valence-corrected chi connectivity index (χ0v) is 16.0. The van der Waals surface area contributed by atoms with E-state index in [1.807, 2.05) is 18.2 Å². The van der Waals surface area contributed by atoms with Crippen LogP contribution >= 0.6 is 0 Å². The molecule has 0 atom stereocenters. The SMILES string of the molecule is CC(=O)c1ccc(S(=O)(=O)N2CC[NH+](Cc3ccccc3C#N)CC2)cc1. The summed E-state index contributed by atoms with van der Waals surface area (Å²) in [5.74, 6) is -0.0891. The van der Waals surface area contributed by atoms with Crippen LogP contribution in [0.15, 0.2) is 53.4 Å². The normalized spacial score (nSPS) is 16.0. The molecule has 1 N–H and O–H groups in total. The van der Waals surface area contributed by atoms with E-state index in [4.69, 9.17) is 0 Å². The van der Waals surface area contributed by atoms with Gasteiger partial charge in [-0.05, 0) is 25.1 Å². The van der Waals surface area contributed by atoms with Gasteiger partial charge < -0.3 is 4.90 Å². The maximum atomic E-state index is 12.8. The summed E-state index contributed by atoms with van der Waals surface area (Å²) in [5, 5.41) is 9.21. The molecule has 2 aromatic rings. The number of nitriles is 1. The number of piperazine rings is 1. The lowest BCUT2D eigenvalue weighted by Gasteiger charge is -2.31. The van der Waals surface area contributed by atoms with Crippen molar-refractivity contribution in [3.8, 4) is 6.07 Å². The molecule has 1 aliphatic heterocycles. The van der Waals surface area contributed by atoms with Crippen LogP contribution in [0.3, 0.4) is 0 Å². The average molecular weight is 384 g/mol. The minimum absolute atomic E-state index is 0.0891. The van der Waals surface area contributed by atoms with Gasteiger partial charge in [0.25, 0.3) is 0 Å². The van der Waals surface area contributed by atoms with Crippen molar-refractivity contribution in [3.05, 3.63) is 65.2 Å². The van der Waals surface area contributed by atoms with E-state index in [-0.39, 0.29) is 10.7 Å². The average Bonchev–Trinajstić information content (AvgIpc) is 2.69. The van der Waals surface area contributed by atoms with Crippen molar-refractivity contribution >= 4 is 15.8 Å². The van der Waals surface area contributed by atoms with Gasteiger partial charge in [0.1, 0.15) is 6.54 Å². The third kappa shape index (κ3) is 4.25. The molecule has 0 radical (unpaired) electrons. The van der Waals surface area contributed by atoms with Gasteiger partial charge in [-0.1, -0.05) is 30.3 Å². The lowest BCUT2D eigenvalue weighted by atomic mass is 10.1. The van der Waals surface area contributed by atoms with Gasteiger partial charge in [0.05, 0.1) is 42.7 Å². The number of carbonyl (C=O) groups excluding carboxylic acids is 1. The van der Waals surface area contributed by atoms with E-state index in [0.29, 0.717) is 43.9 Å². The van der Waals surface area contributed by atoms with Crippen LogP contribution in [0.1, 0.15) is 28.4 Å². The fourth-order valence-corrected chi connectivity index (χ4v) is 4.72. The Balaban J connectivity index is 1.66. The predicted molar refractivity (Wildman–Crippen MR) is 101 cm³/mol. The van der Waals surface area contributed by atoms with E-state index in [9.17, 15) is 18.5 Å². The number of nitrogens with one attached hydrogen (secondary N) is 1. The standard InChI is InChI=1S/C20H21N3O3S/c1-16(24)17-6-8-20(9-7-17)27(25,26)23-12-10-22(11-13-23)15-19-5-3-2-4-18(19)14-21/h2-9H,10-13,15H2,1H3/p+1. The van der Waals surface area contributed by atoms with Crippen molar-refractivity contribution in [2.45, 2.75) is 18.4 Å². The molecule has 0 aromatic heterocycles. The second-order valence-corrected chi connectivity index (χ2v) is 8.62. The Hall–Kier alpha value is -2.53. The highest BCUT2D eigenvalue weighted by atomic mass is 32.2. The highest BCUT2D eigenvalue weighted by Crippen LogP contribution is 2.17. The molecule has 2 aromatic carbocycles. The van der Waals surface area contributed by atoms with Crippen LogP contribution in [-0.4, -0.2) is 44.7 Å². The Morgan fingerprint density at radius 3 is 2.33 bits per heavy atom. The van der Waals surface area contributed by atoms with E-state index in [2.05, 4.69) is 6.07 Å². The Labute approximate surface area is 159 Å². The largest absolute Gasteiger partial charge is 0.329 e. The number of nitrogens with zero attached hydrogens (tertiary/aromatic N) is 2. The minimum Gasteiger partial charge on any atom is -0.329 e. The fraction of sp³-hybridized carbons (Fsp3) is 0.300. The van der Waals surface area contributed by atoms with Gasteiger partial charge in [-0.2, -0.15) is 9.57 Å². The Bertz CT molecular complexity index is 970. The molecule has 0 amide bonds. The first-order valence-corrected chi connectivity index (χ1v) is 10.3. The first-order valence-electron chi connectivity index (χ1n) is 8.84. The zero-order chi connectivity index (χ0) is 19.4. The summed E-state index contributed by atoms with van der Waals surface area (Å²) in [7, 11) is -3.56. The van der Waals surface area contributed by atoms with Gasteiger partial charge in [0.2, 0.25) is 10.0 Å². The molecule has 1 fully saturated rings. The topological polar surface area (TPSA) is 82.7 Å². The molecule has 0 bridgehead atoms. The lowest BCUT2D eigenvalue weighted by molar-refractivity contribution is -0.917. The van der Waals surface area contributed by atoms with Gasteiger partial charge >= 0.3 is 0 Å². The van der Waals surface area contributed by atoms with Gasteiger partial charge in [-0.15, -0.1) is 0 Å². The van der Waals surface area contributed by atoms with E-state index < -0.39 is 10.0 Å². The number of rotatable bonds is 5. The summed E-state index contributed by atoms with van der Waals surface area (Å²) < 4.78 is 27.1. The third-order valence-electron chi connectivity index (χ3n) is 4.91. The van der Waals surface area contributed by atoms with Gasteiger partial charge in [-0.3, -0.25) is 4.79 Å². The summed E-state index contributed by atoms with van der Waals surface area (Å²) in [6.07, 6.45) is 0. The van der Waals surface area contributed by atoms with E-state index in [1.165, 1.54) is 28.3 Å². The number of Topliss-reactive ketones (excluding diaryl/α,β-unsaturated/α-hetero) is 1. The summed E-state index contributed by atoms with van der Waals surface area (Å²) in [5.41, 5.74) is 2.16. The number of hydrogen-bond acceptors (Lipinski definition) is 4. The van der Waals surface area contributed by atoms with Gasteiger partial charge in [0.15, 0.2) is 5.78 Å².